The monoisotopic (exact) mass is 257 g/mol. The fourth-order valence-corrected chi connectivity index (χ4v) is 1.34. The van der Waals surface area contributed by atoms with Crippen LogP contribution in [0.4, 0.5) is 0 Å². The van der Waals surface area contributed by atoms with E-state index >= 15 is 0 Å². The molecule has 1 amide bonds. The SMILES string of the molecule is CC(C)(C)OC=O.CCC1=CC(OC)N(C)C1=O. The quantitative estimate of drug-likeness (QED) is 0.722. The Bertz CT molecular complexity index is 317. The molecule has 18 heavy (non-hydrogen) atoms. The van der Waals surface area contributed by atoms with Crippen LogP contribution in [0.15, 0.2) is 11.6 Å². The van der Waals surface area contributed by atoms with Crippen LogP contribution in [0.2, 0.25) is 0 Å². The summed E-state index contributed by atoms with van der Waals surface area (Å²) in [6.45, 7) is 7.89. The highest BCUT2D eigenvalue weighted by molar-refractivity contribution is 5.95. The number of methoxy groups -OCH3 is 1. The molecular formula is C13H23NO4. The fraction of sp³-hybridized carbons (Fsp3) is 0.692. The van der Waals surface area contributed by atoms with Gasteiger partial charge >= 0.3 is 0 Å². The topological polar surface area (TPSA) is 55.8 Å². The number of likely N-dealkylation sites (N-methyl/N-ethyl adjacent to an activating group) is 1. The molecule has 0 radical (unpaired) electrons. The zero-order chi connectivity index (χ0) is 14.3. The highest BCUT2D eigenvalue weighted by atomic mass is 16.5. The van der Waals surface area contributed by atoms with E-state index in [0.717, 1.165) is 12.0 Å². The van der Waals surface area contributed by atoms with E-state index in [9.17, 15) is 9.59 Å². The fourth-order valence-electron chi connectivity index (χ4n) is 1.34. The van der Waals surface area contributed by atoms with E-state index in [-0.39, 0.29) is 17.7 Å². The molecule has 1 unspecified atom stereocenters. The molecule has 0 fully saturated rings. The average molecular weight is 257 g/mol. The zero-order valence-corrected chi connectivity index (χ0v) is 12.0. The lowest BCUT2D eigenvalue weighted by atomic mass is 10.2. The largest absolute Gasteiger partial charge is 0.462 e. The molecule has 1 aliphatic rings. The number of ether oxygens (including phenoxy) is 2. The van der Waals surface area contributed by atoms with Gasteiger partial charge in [0.05, 0.1) is 0 Å². The zero-order valence-electron chi connectivity index (χ0n) is 12.0. The standard InChI is InChI=1S/C8H13NO2.C5H10O2/c1-4-6-5-7(11-3)9(2)8(6)10;1-5(2,3)7-4-6/h5,7H,4H2,1-3H3;4H,1-3H3. The summed E-state index contributed by atoms with van der Waals surface area (Å²) in [4.78, 5) is 22.5. The van der Waals surface area contributed by atoms with Gasteiger partial charge in [-0.3, -0.25) is 9.59 Å². The highest BCUT2D eigenvalue weighted by Gasteiger charge is 2.27. The summed E-state index contributed by atoms with van der Waals surface area (Å²) in [5.74, 6) is 0.0827. The van der Waals surface area contributed by atoms with Gasteiger partial charge in [-0.1, -0.05) is 6.92 Å². The van der Waals surface area contributed by atoms with Crippen molar-refractivity contribution in [2.24, 2.45) is 0 Å². The van der Waals surface area contributed by atoms with E-state index in [1.165, 1.54) is 0 Å². The maximum Gasteiger partial charge on any atom is 0.293 e. The summed E-state index contributed by atoms with van der Waals surface area (Å²) in [5, 5.41) is 0. The smallest absolute Gasteiger partial charge is 0.293 e. The van der Waals surface area contributed by atoms with Crippen LogP contribution in [0.3, 0.4) is 0 Å². The predicted molar refractivity (Wildman–Crippen MR) is 68.8 cm³/mol. The Balaban J connectivity index is 0.000000360. The minimum absolute atomic E-state index is 0.0827. The summed E-state index contributed by atoms with van der Waals surface area (Å²) in [6, 6.07) is 0. The summed E-state index contributed by atoms with van der Waals surface area (Å²) in [6.07, 6.45) is 2.49. The molecule has 0 aliphatic carbocycles. The molecule has 0 bridgehead atoms. The van der Waals surface area contributed by atoms with E-state index in [1.54, 1.807) is 19.1 Å². The van der Waals surface area contributed by atoms with Gasteiger partial charge < -0.3 is 14.4 Å². The van der Waals surface area contributed by atoms with Gasteiger partial charge in [0.15, 0.2) is 6.23 Å². The molecule has 0 saturated heterocycles. The van der Waals surface area contributed by atoms with Gasteiger partial charge in [-0.05, 0) is 33.3 Å². The highest BCUT2D eigenvalue weighted by Crippen LogP contribution is 2.18. The Morgan fingerprint density at radius 3 is 2.17 bits per heavy atom. The van der Waals surface area contributed by atoms with E-state index < -0.39 is 0 Å². The van der Waals surface area contributed by atoms with Gasteiger partial charge in [-0.25, -0.2) is 0 Å². The molecule has 1 atom stereocenters. The lowest BCUT2D eigenvalue weighted by Crippen LogP contribution is -2.31. The molecule has 0 aromatic rings. The van der Waals surface area contributed by atoms with Crippen LogP contribution in [0.1, 0.15) is 34.1 Å². The number of carbonyl (C=O) groups is 2. The molecule has 0 spiro atoms. The summed E-state index contributed by atoms with van der Waals surface area (Å²) in [5.41, 5.74) is 0.529. The molecule has 0 saturated carbocycles. The maximum atomic E-state index is 11.3. The third-order valence-corrected chi connectivity index (χ3v) is 2.34. The molecular weight excluding hydrogens is 234 g/mol. The lowest BCUT2D eigenvalue weighted by molar-refractivity contribution is -0.138. The van der Waals surface area contributed by atoms with Crippen molar-refractivity contribution in [1.82, 2.24) is 4.90 Å². The minimum Gasteiger partial charge on any atom is -0.462 e. The van der Waals surface area contributed by atoms with Crippen LogP contribution in [-0.2, 0) is 19.1 Å². The summed E-state index contributed by atoms with van der Waals surface area (Å²) >= 11 is 0. The van der Waals surface area contributed by atoms with Crippen LogP contribution in [0, 0.1) is 0 Å². The molecule has 1 rings (SSSR count). The van der Waals surface area contributed by atoms with Gasteiger partial charge in [-0.15, -0.1) is 0 Å². The Labute approximate surface area is 109 Å². The van der Waals surface area contributed by atoms with E-state index in [0.29, 0.717) is 6.47 Å². The minimum atomic E-state index is -0.318. The number of hydrogen-bond acceptors (Lipinski definition) is 4. The van der Waals surface area contributed by atoms with Crippen LogP contribution in [0.5, 0.6) is 0 Å². The van der Waals surface area contributed by atoms with Crippen molar-refractivity contribution in [1.29, 1.82) is 0 Å². The van der Waals surface area contributed by atoms with Gasteiger partial charge in [0.25, 0.3) is 12.4 Å². The second-order valence-electron chi connectivity index (χ2n) is 4.91. The van der Waals surface area contributed by atoms with Crippen LogP contribution in [0.25, 0.3) is 0 Å². The Morgan fingerprint density at radius 2 is 2.00 bits per heavy atom. The first-order valence-electron chi connectivity index (χ1n) is 5.89. The van der Waals surface area contributed by atoms with Crippen molar-refractivity contribution < 1.29 is 19.1 Å². The molecule has 104 valence electrons. The summed E-state index contributed by atoms with van der Waals surface area (Å²) in [7, 11) is 3.35. The first kappa shape index (κ1) is 16.6. The molecule has 5 heteroatoms. The molecule has 1 aliphatic heterocycles. The van der Waals surface area contributed by atoms with Crippen molar-refractivity contribution in [2.75, 3.05) is 14.2 Å². The lowest BCUT2D eigenvalue weighted by Gasteiger charge is -2.17. The van der Waals surface area contributed by atoms with Crippen LogP contribution < -0.4 is 0 Å². The molecule has 5 nitrogen and oxygen atoms in total. The number of rotatable bonds is 3. The van der Waals surface area contributed by atoms with E-state index in [4.69, 9.17) is 4.74 Å². The first-order valence-corrected chi connectivity index (χ1v) is 5.89. The molecule has 0 aromatic carbocycles. The molecule has 0 aromatic heterocycles. The van der Waals surface area contributed by atoms with Crippen molar-refractivity contribution in [2.45, 2.75) is 45.9 Å². The third-order valence-electron chi connectivity index (χ3n) is 2.34. The van der Waals surface area contributed by atoms with Crippen molar-refractivity contribution >= 4 is 12.4 Å². The average Bonchev–Trinajstić information content (AvgIpc) is 2.55. The number of hydrogen-bond donors (Lipinski definition) is 0. The number of nitrogens with zero attached hydrogens (tertiary/aromatic N) is 1. The number of amides is 1. The Morgan fingerprint density at radius 1 is 1.44 bits per heavy atom. The van der Waals surface area contributed by atoms with Gasteiger partial charge in [-0.2, -0.15) is 0 Å². The number of carbonyl (C=O) groups excluding carboxylic acids is 2. The van der Waals surface area contributed by atoms with Crippen molar-refractivity contribution in [3.8, 4) is 0 Å². The van der Waals surface area contributed by atoms with Gasteiger partial charge in [0, 0.05) is 19.7 Å². The van der Waals surface area contributed by atoms with E-state index in [2.05, 4.69) is 4.74 Å². The third kappa shape index (κ3) is 5.31. The summed E-state index contributed by atoms with van der Waals surface area (Å²) < 4.78 is 9.60. The normalized spacial score (nSPS) is 19.0. The Hall–Kier alpha value is -1.36. The second kappa shape index (κ2) is 7.16. The van der Waals surface area contributed by atoms with Crippen molar-refractivity contribution in [3.63, 3.8) is 0 Å². The maximum absolute atomic E-state index is 11.3. The first-order chi connectivity index (χ1) is 8.26. The van der Waals surface area contributed by atoms with Crippen LogP contribution >= 0.6 is 0 Å². The Kier molecular flexibility index (Phi) is 6.62. The molecule has 0 N–H and O–H groups in total. The van der Waals surface area contributed by atoms with Crippen LogP contribution in [-0.4, -0.2) is 43.3 Å². The second-order valence-corrected chi connectivity index (χ2v) is 4.91. The van der Waals surface area contributed by atoms with Gasteiger partial charge in [0.2, 0.25) is 0 Å². The van der Waals surface area contributed by atoms with Crippen molar-refractivity contribution in [3.05, 3.63) is 11.6 Å². The van der Waals surface area contributed by atoms with Gasteiger partial charge in [0.1, 0.15) is 5.60 Å². The predicted octanol–water partition coefficient (Wildman–Crippen LogP) is 1.73. The molecule has 1 heterocycles. The van der Waals surface area contributed by atoms with E-state index in [1.807, 2.05) is 33.8 Å².